The fourth-order valence-corrected chi connectivity index (χ4v) is 1.81. The molecule has 0 spiro atoms. The highest BCUT2D eigenvalue weighted by Crippen LogP contribution is 2.08. The molecule has 0 bridgehead atoms. The molecule has 0 aromatic rings. The maximum Gasteiger partial charge on any atom is -0.0351 e. The molecule has 0 rings (SSSR count). The van der Waals surface area contributed by atoms with E-state index in [9.17, 15) is 0 Å². The summed E-state index contributed by atoms with van der Waals surface area (Å²) in [5.41, 5.74) is 0. The summed E-state index contributed by atoms with van der Waals surface area (Å²) in [6, 6.07) is 0. The minimum atomic E-state index is 1.03. The van der Waals surface area contributed by atoms with Crippen LogP contribution in [0.2, 0.25) is 0 Å². The summed E-state index contributed by atoms with van der Waals surface area (Å²) in [5, 5.41) is 0. The van der Waals surface area contributed by atoms with Crippen LogP contribution in [0.15, 0.2) is 24.3 Å². The van der Waals surface area contributed by atoms with Crippen molar-refractivity contribution in [1.82, 2.24) is 0 Å². The summed E-state index contributed by atoms with van der Waals surface area (Å²) in [7, 11) is 0. The van der Waals surface area contributed by atoms with Gasteiger partial charge in [0.15, 0.2) is 0 Å². The first-order chi connectivity index (χ1) is 8.41. The van der Waals surface area contributed by atoms with Gasteiger partial charge in [-0.3, -0.25) is 0 Å². The van der Waals surface area contributed by atoms with Gasteiger partial charge in [-0.15, -0.1) is 0 Å². The zero-order valence-electron chi connectivity index (χ0n) is 11.8. The van der Waals surface area contributed by atoms with E-state index in [1.165, 1.54) is 57.8 Å². The van der Waals surface area contributed by atoms with Crippen molar-refractivity contribution in [3.8, 4) is 0 Å². The van der Waals surface area contributed by atoms with Crippen LogP contribution in [0.5, 0.6) is 0 Å². The molecule has 0 heteroatoms. The van der Waals surface area contributed by atoms with Gasteiger partial charge in [0.2, 0.25) is 0 Å². The van der Waals surface area contributed by atoms with Gasteiger partial charge < -0.3 is 0 Å². The third kappa shape index (κ3) is 15.5. The molecule has 0 N–H and O–H groups in total. The molecule has 99 valence electrons. The van der Waals surface area contributed by atoms with Crippen LogP contribution in [0, 0.1) is 6.92 Å². The molecule has 0 saturated carbocycles. The molecule has 0 aromatic heterocycles. The largest absolute Gasteiger partial charge is 0.0885 e. The van der Waals surface area contributed by atoms with Gasteiger partial charge in [0.1, 0.15) is 0 Å². The fourth-order valence-electron chi connectivity index (χ4n) is 1.81. The Labute approximate surface area is 109 Å². The molecular formula is C17H31. The Morgan fingerprint density at radius 3 is 1.65 bits per heavy atom. The van der Waals surface area contributed by atoms with Crippen molar-refractivity contribution in [2.24, 2.45) is 0 Å². The summed E-state index contributed by atoms with van der Waals surface area (Å²) < 4.78 is 0. The number of hydrogen-bond acceptors (Lipinski definition) is 0. The second-order valence-corrected chi connectivity index (χ2v) is 4.72. The Morgan fingerprint density at radius 2 is 1.12 bits per heavy atom. The van der Waals surface area contributed by atoms with Crippen LogP contribution in [0.1, 0.15) is 77.6 Å². The second kappa shape index (κ2) is 15.5. The number of hydrogen-bond donors (Lipinski definition) is 0. The van der Waals surface area contributed by atoms with Crippen LogP contribution >= 0.6 is 0 Å². The van der Waals surface area contributed by atoms with E-state index in [0.29, 0.717) is 0 Å². The fraction of sp³-hybridized carbons (Fsp3) is 0.706. The molecular weight excluding hydrogens is 204 g/mol. The van der Waals surface area contributed by atoms with Crippen LogP contribution in [0.4, 0.5) is 0 Å². The van der Waals surface area contributed by atoms with E-state index < -0.39 is 0 Å². The standard InChI is InChI=1S/C17H31/c1-3-5-7-9-11-13-15-17-16-14-12-10-8-6-4-2/h7-10H,1,3-6,11-17H2,2H3/b9-7+,10-8+. The third-order valence-electron chi connectivity index (χ3n) is 2.90. The van der Waals surface area contributed by atoms with Crippen molar-refractivity contribution in [2.45, 2.75) is 77.6 Å². The lowest BCUT2D eigenvalue weighted by Gasteiger charge is -1.98. The summed E-state index contributed by atoms with van der Waals surface area (Å²) >= 11 is 0. The monoisotopic (exact) mass is 235 g/mol. The van der Waals surface area contributed by atoms with E-state index in [2.05, 4.69) is 38.2 Å². The molecule has 0 fully saturated rings. The zero-order valence-corrected chi connectivity index (χ0v) is 11.8. The highest BCUT2D eigenvalue weighted by molar-refractivity contribution is 4.82. The van der Waals surface area contributed by atoms with Crippen molar-refractivity contribution in [1.29, 1.82) is 0 Å². The van der Waals surface area contributed by atoms with Gasteiger partial charge >= 0.3 is 0 Å². The maximum absolute atomic E-state index is 3.82. The number of unbranched alkanes of at least 4 members (excludes halogenated alkanes) is 8. The molecule has 17 heavy (non-hydrogen) atoms. The summed E-state index contributed by atoms with van der Waals surface area (Å²) in [6.45, 7) is 6.06. The van der Waals surface area contributed by atoms with Gasteiger partial charge in [-0.2, -0.15) is 0 Å². The Morgan fingerprint density at radius 1 is 0.647 bits per heavy atom. The highest BCUT2D eigenvalue weighted by atomic mass is 13.9. The van der Waals surface area contributed by atoms with Gasteiger partial charge in [-0.25, -0.2) is 0 Å². The van der Waals surface area contributed by atoms with Crippen LogP contribution in [0.25, 0.3) is 0 Å². The Hall–Kier alpha value is -0.520. The molecule has 0 saturated heterocycles. The Bertz CT molecular complexity index is 156. The molecule has 0 aliphatic rings. The third-order valence-corrected chi connectivity index (χ3v) is 2.90. The molecule has 0 heterocycles. The molecule has 0 amide bonds. The molecule has 0 aromatic carbocycles. The maximum atomic E-state index is 3.82. The van der Waals surface area contributed by atoms with E-state index in [-0.39, 0.29) is 0 Å². The predicted octanol–water partition coefficient (Wildman–Crippen LogP) is 6.24. The van der Waals surface area contributed by atoms with E-state index in [4.69, 9.17) is 0 Å². The Balaban J connectivity index is 3.03. The van der Waals surface area contributed by atoms with Gasteiger partial charge in [-0.05, 0) is 44.9 Å². The van der Waals surface area contributed by atoms with Crippen LogP contribution in [-0.4, -0.2) is 0 Å². The van der Waals surface area contributed by atoms with E-state index in [1.807, 2.05) is 0 Å². The van der Waals surface area contributed by atoms with Crippen LogP contribution < -0.4 is 0 Å². The van der Waals surface area contributed by atoms with Crippen molar-refractivity contribution in [3.05, 3.63) is 31.2 Å². The molecule has 0 atom stereocenters. The normalized spacial score (nSPS) is 11.9. The average Bonchev–Trinajstić information content (AvgIpc) is 2.35. The Kier molecular flexibility index (Phi) is 15.0. The van der Waals surface area contributed by atoms with Crippen molar-refractivity contribution in [3.63, 3.8) is 0 Å². The topological polar surface area (TPSA) is 0 Å². The molecule has 0 unspecified atom stereocenters. The van der Waals surface area contributed by atoms with Gasteiger partial charge in [0.05, 0.1) is 0 Å². The molecule has 1 radical (unpaired) electrons. The SMILES string of the molecule is [CH2]CC/C=C/CCCCCCC/C=C/CCC. The second-order valence-electron chi connectivity index (χ2n) is 4.72. The van der Waals surface area contributed by atoms with Crippen LogP contribution in [-0.2, 0) is 0 Å². The predicted molar refractivity (Wildman–Crippen MR) is 80.1 cm³/mol. The molecule has 0 nitrogen and oxygen atoms in total. The van der Waals surface area contributed by atoms with E-state index in [0.717, 1.165) is 12.8 Å². The minimum Gasteiger partial charge on any atom is -0.0885 e. The zero-order chi connectivity index (χ0) is 12.6. The van der Waals surface area contributed by atoms with Crippen molar-refractivity contribution in [2.75, 3.05) is 0 Å². The molecule has 0 aliphatic heterocycles. The first kappa shape index (κ1) is 16.5. The minimum absolute atomic E-state index is 1.03. The van der Waals surface area contributed by atoms with Crippen molar-refractivity contribution >= 4 is 0 Å². The lowest BCUT2D eigenvalue weighted by atomic mass is 10.1. The average molecular weight is 235 g/mol. The smallest absolute Gasteiger partial charge is 0.0351 e. The van der Waals surface area contributed by atoms with Gasteiger partial charge in [0.25, 0.3) is 0 Å². The van der Waals surface area contributed by atoms with Gasteiger partial charge in [-0.1, -0.05) is 63.8 Å². The summed E-state index contributed by atoms with van der Waals surface area (Å²) in [4.78, 5) is 0. The summed E-state index contributed by atoms with van der Waals surface area (Å²) in [6.07, 6.45) is 23.4. The van der Waals surface area contributed by atoms with E-state index in [1.54, 1.807) is 0 Å². The van der Waals surface area contributed by atoms with E-state index >= 15 is 0 Å². The summed E-state index contributed by atoms with van der Waals surface area (Å²) in [5.74, 6) is 0. The van der Waals surface area contributed by atoms with Crippen molar-refractivity contribution < 1.29 is 0 Å². The first-order valence-corrected chi connectivity index (χ1v) is 7.51. The quantitative estimate of drug-likeness (QED) is 0.277. The van der Waals surface area contributed by atoms with Gasteiger partial charge in [0, 0.05) is 0 Å². The number of rotatable bonds is 12. The first-order valence-electron chi connectivity index (χ1n) is 7.51. The molecule has 0 aliphatic carbocycles. The van der Waals surface area contributed by atoms with Crippen LogP contribution in [0.3, 0.4) is 0 Å². The lowest BCUT2D eigenvalue weighted by molar-refractivity contribution is 0.621. The highest BCUT2D eigenvalue weighted by Gasteiger charge is 1.88. The lowest BCUT2D eigenvalue weighted by Crippen LogP contribution is -1.78. The number of allylic oxidation sites excluding steroid dienone is 4.